The lowest BCUT2D eigenvalue weighted by atomic mass is 9.84. The molecule has 0 radical (unpaired) electrons. The summed E-state index contributed by atoms with van der Waals surface area (Å²) in [6.45, 7) is 3.45. The quantitative estimate of drug-likeness (QED) is 0.717. The molecule has 0 amide bonds. The monoisotopic (exact) mass is 305 g/mol. The van der Waals surface area contributed by atoms with E-state index in [9.17, 15) is 0 Å². The average Bonchev–Trinajstić information content (AvgIpc) is 2.96. The molecule has 0 aliphatic heterocycles. The Morgan fingerprint density at radius 2 is 1.95 bits per heavy atom. The van der Waals surface area contributed by atoms with Gasteiger partial charge in [-0.3, -0.25) is 0 Å². The van der Waals surface area contributed by atoms with Crippen molar-refractivity contribution in [3.05, 3.63) is 21.4 Å². The van der Waals surface area contributed by atoms with Crippen LogP contribution >= 0.6 is 11.3 Å². The van der Waals surface area contributed by atoms with E-state index >= 15 is 0 Å². The van der Waals surface area contributed by atoms with E-state index in [-0.39, 0.29) is 0 Å². The van der Waals surface area contributed by atoms with Gasteiger partial charge in [-0.2, -0.15) is 0 Å². The fourth-order valence-corrected chi connectivity index (χ4v) is 5.41. The van der Waals surface area contributed by atoms with Crippen molar-refractivity contribution < 1.29 is 0 Å². The normalized spacial score (nSPS) is 21.2. The van der Waals surface area contributed by atoms with Gasteiger partial charge < -0.3 is 5.32 Å². The van der Waals surface area contributed by atoms with Crippen LogP contribution in [0, 0.1) is 5.92 Å². The van der Waals surface area contributed by atoms with Crippen LogP contribution in [0.2, 0.25) is 0 Å². The fraction of sp³-hybridized carbons (Fsp3) is 0.789. The predicted molar refractivity (Wildman–Crippen MR) is 93.2 cm³/mol. The third-order valence-electron chi connectivity index (χ3n) is 5.29. The van der Waals surface area contributed by atoms with E-state index in [4.69, 9.17) is 0 Å². The van der Waals surface area contributed by atoms with Gasteiger partial charge in [0.25, 0.3) is 0 Å². The summed E-state index contributed by atoms with van der Waals surface area (Å²) >= 11 is 2.12. The minimum Gasteiger partial charge on any atom is -0.309 e. The number of nitrogens with one attached hydrogen (secondary N) is 1. The van der Waals surface area contributed by atoms with Crippen LogP contribution < -0.4 is 5.32 Å². The number of fused-ring (bicyclic) bond motifs is 1. The van der Waals surface area contributed by atoms with E-state index in [0.29, 0.717) is 6.04 Å². The van der Waals surface area contributed by atoms with Gasteiger partial charge in [-0.25, -0.2) is 0 Å². The molecule has 2 aliphatic rings. The highest BCUT2D eigenvalue weighted by Crippen LogP contribution is 2.37. The first-order chi connectivity index (χ1) is 10.4. The number of hydrogen-bond acceptors (Lipinski definition) is 2. The van der Waals surface area contributed by atoms with E-state index in [2.05, 4.69) is 29.6 Å². The van der Waals surface area contributed by atoms with Crippen LogP contribution in [-0.4, -0.2) is 6.54 Å². The number of hydrogen-bond donors (Lipinski definition) is 1. The van der Waals surface area contributed by atoms with Crippen molar-refractivity contribution in [2.24, 2.45) is 5.92 Å². The molecule has 2 heteroatoms. The van der Waals surface area contributed by atoms with Crippen LogP contribution in [0.15, 0.2) is 6.07 Å². The van der Waals surface area contributed by atoms with Crippen molar-refractivity contribution >= 4 is 11.3 Å². The molecule has 3 rings (SSSR count). The van der Waals surface area contributed by atoms with Crippen molar-refractivity contribution in [3.8, 4) is 0 Å². The second-order valence-corrected chi connectivity index (χ2v) is 8.22. The van der Waals surface area contributed by atoms with Crippen molar-refractivity contribution in [1.29, 1.82) is 0 Å². The molecule has 0 saturated heterocycles. The average molecular weight is 306 g/mol. The molecule has 1 saturated carbocycles. The van der Waals surface area contributed by atoms with Gasteiger partial charge >= 0.3 is 0 Å². The Bertz CT molecular complexity index is 407. The topological polar surface area (TPSA) is 12.0 Å². The summed E-state index contributed by atoms with van der Waals surface area (Å²) < 4.78 is 0. The molecule has 1 N–H and O–H groups in total. The molecular weight excluding hydrogens is 274 g/mol. The van der Waals surface area contributed by atoms with E-state index in [1.54, 1.807) is 15.3 Å². The first-order valence-corrected chi connectivity index (χ1v) is 10.0. The molecule has 0 aromatic carbocycles. The Balaban J connectivity index is 1.69. The van der Waals surface area contributed by atoms with Crippen LogP contribution in [0.3, 0.4) is 0 Å². The molecule has 1 aromatic rings. The van der Waals surface area contributed by atoms with Crippen LogP contribution in [0.1, 0.15) is 86.1 Å². The van der Waals surface area contributed by atoms with E-state index in [0.717, 1.165) is 5.92 Å². The maximum Gasteiger partial charge on any atom is 0.0417 e. The van der Waals surface area contributed by atoms with Crippen LogP contribution in [-0.2, 0) is 12.8 Å². The predicted octanol–water partition coefficient (Wildman–Crippen LogP) is 5.64. The number of aryl methyl sites for hydroxylation is 2. The summed E-state index contributed by atoms with van der Waals surface area (Å²) in [6.07, 6.45) is 15.4. The Kier molecular flexibility index (Phi) is 5.76. The lowest BCUT2D eigenvalue weighted by Gasteiger charge is -2.26. The summed E-state index contributed by atoms with van der Waals surface area (Å²) in [5.74, 6) is 0.965. The highest BCUT2D eigenvalue weighted by Gasteiger charge is 2.23. The molecule has 0 spiro atoms. The fourth-order valence-electron chi connectivity index (χ4n) is 4.06. The lowest BCUT2D eigenvalue weighted by Crippen LogP contribution is -2.24. The molecule has 2 aliphatic carbocycles. The third kappa shape index (κ3) is 4.10. The van der Waals surface area contributed by atoms with E-state index < -0.39 is 0 Å². The lowest BCUT2D eigenvalue weighted by molar-refractivity contribution is 0.301. The zero-order valence-electron chi connectivity index (χ0n) is 13.6. The third-order valence-corrected chi connectivity index (χ3v) is 6.64. The van der Waals surface area contributed by atoms with Crippen molar-refractivity contribution in [2.75, 3.05) is 6.54 Å². The molecule has 1 atom stereocenters. The van der Waals surface area contributed by atoms with Crippen LogP contribution in [0.5, 0.6) is 0 Å². The van der Waals surface area contributed by atoms with Crippen molar-refractivity contribution in [2.45, 2.75) is 83.6 Å². The summed E-state index contributed by atoms with van der Waals surface area (Å²) in [5, 5.41) is 3.85. The molecule has 118 valence electrons. The van der Waals surface area contributed by atoms with Gasteiger partial charge in [0, 0.05) is 15.8 Å². The minimum atomic E-state index is 0.628. The summed E-state index contributed by atoms with van der Waals surface area (Å²) in [4.78, 5) is 3.34. The Labute approximate surface area is 134 Å². The second-order valence-electron chi connectivity index (χ2n) is 7.05. The molecular formula is C19H31NS. The van der Waals surface area contributed by atoms with Crippen molar-refractivity contribution in [3.63, 3.8) is 0 Å². The highest BCUT2D eigenvalue weighted by molar-refractivity contribution is 7.12. The van der Waals surface area contributed by atoms with Gasteiger partial charge in [0.15, 0.2) is 0 Å². The van der Waals surface area contributed by atoms with Gasteiger partial charge in [-0.1, -0.05) is 39.0 Å². The van der Waals surface area contributed by atoms with Crippen molar-refractivity contribution in [1.82, 2.24) is 5.32 Å². The highest BCUT2D eigenvalue weighted by atomic mass is 32.1. The van der Waals surface area contributed by atoms with Gasteiger partial charge in [0.05, 0.1) is 0 Å². The SMILES string of the molecule is CCCNC(CC1CCCCC1)c1cc2c(s1)CCCC2. The zero-order chi connectivity index (χ0) is 14.5. The standard InChI is InChI=1S/C19H31NS/c1-2-12-20-17(13-15-8-4-3-5-9-15)19-14-16-10-6-7-11-18(16)21-19/h14-15,17,20H,2-13H2,1H3. The van der Waals surface area contributed by atoms with E-state index in [1.807, 2.05) is 0 Å². The summed E-state index contributed by atoms with van der Waals surface area (Å²) in [6, 6.07) is 3.18. The number of thiophene rings is 1. The molecule has 1 heterocycles. The van der Waals surface area contributed by atoms with Crippen LogP contribution in [0.25, 0.3) is 0 Å². The minimum absolute atomic E-state index is 0.628. The Morgan fingerprint density at radius 3 is 2.71 bits per heavy atom. The first kappa shape index (κ1) is 15.6. The molecule has 1 nitrogen and oxygen atoms in total. The van der Waals surface area contributed by atoms with E-state index in [1.165, 1.54) is 77.2 Å². The van der Waals surface area contributed by atoms with Crippen LogP contribution in [0.4, 0.5) is 0 Å². The maximum absolute atomic E-state index is 3.85. The molecule has 1 aromatic heterocycles. The smallest absolute Gasteiger partial charge is 0.0417 e. The summed E-state index contributed by atoms with van der Waals surface area (Å²) in [7, 11) is 0. The maximum atomic E-state index is 3.85. The van der Waals surface area contributed by atoms with Gasteiger partial charge in [0.1, 0.15) is 0 Å². The first-order valence-electron chi connectivity index (χ1n) is 9.21. The Hall–Kier alpha value is -0.340. The summed E-state index contributed by atoms with van der Waals surface area (Å²) in [5.41, 5.74) is 1.67. The van der Waals surface area contributed by atoms with Gasteiger partial charge in [0.2, 0.25) is 0 Å². The second kappa shape index (κ2) is 7.78. The van der Waals surface area contributed by atoms with Gasteiger partial charge in [-0.15, -0.1) is 11.3 Å². The molecule has 1 fully saturated rings. The number of rotatable bonds is 6. The molecule has 0 bridgehead atoms. The molecule has 1 unspecified atom stereocenters. The zero-order valence-corrected chi connectivity index (χ0v) is 14.4. The largest absolute Gasteiger partial charge is 0.309 e. The Morgan fingerprint density at radius 1 is 1.14 bits per heavy atom. The molecule has 21 heavy (non-hydrogen) atoms. The van der Waals surface area contributed by atoms with Gasteiger partial charge in [-0.05, 0) is 62.6 Å².